The van der Waals surface area contributed by atoms with Crippen LogP contribution in [0, 0.1) is 0 Å². The molecule has 9 aromatic rings. The van der Waals surface area contributed by atoms with Crippen molar-refractivity contribution in [3.63, 3.8) is 0 Å². The molecular weight excluding hydrogens is 595 g/mol. The molecule has 2 aromatic heterocycles. The molecule has 7 aromatic carbocycles. The molecule has 2 heterocycles. The highest BCUT2D eigenvalue weighted by molar-refractivity contribution is 6.21. The number of fused-ring (bicyclic) bond motifs is 3. The van der Waals surface area contributed by atoms with Crippen molar-refractivity contribution in [2.45, 2.75) is 13.2 Å². The molecule has 9 rings (SSSR count). The van der Waals surface area contributed by atoms with Crippen LogP contribution in [0.15, 0.2) is 170 Å². The van der Waals surface area contributed by atoms with Gasteiger partial charge in [0, 0.05) is 30.7 Å². The molecule has 0 saturated carbocycles. The van der Waals surface area contributed by atoms with Gasteiger partial charge in [-0.25, -0.2) is 4.98 Å². The average molecular weight is 633 g/mol. The smallest absolute Gasteiger partial charge is 0.114 e. The van der Waals surface area contributed by atoms with Crippen molar-refractivity contribution < 1.29 is 6.85 Å². The fraction of sp³-hybridized carbons (Fsp3) is 0.0435. The number of nitrogens with zero attached hydrogens (tertiary/aromatic N) is 3. The van der Waals surface area contributed by atoms with E-state index in [4.69, 9.17) is 6.85 Å². The third-order valence-electron chi connectivity index (χ3n) is 9.37. The van der Waals surface area contributed by atoms with Gasteiger partial charge < -0.3 is 0 Å². The van der Waals surface area contributed by atoms with Crippen LogP contribution in [0.4, 0.5) is 0 Å². The van der Waals surface area contributed by atoms with Crippen molar-refractivity contribution in [2.24, 2.45) is 0 Å². The molecule has 0 unspecified atom stereocenters. The van der Waals surface area contributed by atoms with Crippen LogP contribution in [0.1, 0.15) is 19.5 Å². The van der Waals surface area contributed by atoms with E-state index in [0.29, 0.717) is 16.7 Å². The lowest BCUT2D eigenvalue weighted by atomic mass is 9.85. The minimum Gasteiger partial charge on any atom is -0.296 e. The van der Waals surface area contributed by atoms with Gasteiger partial charge in [0.05, 0.1) is 16.7 Å². The van der Waals surface area contributed by atoms with E-state index in [0.717, 1.165) is 33.5 Å². The predicted molar refractivity (Wildman–Crippen MR) is 205 cm³/mol. The van der Waals surface area contributed by atoms with E-state index in [1.165, 1.54) is 32.7 Å². The van der Waals surface area contributed by atoms with Crippen LogP contribution in [0.3, 0.4) is 0 Å². The Labute approximate surface area is 292 Å². The van der Waals surface area contributed by atoms with Gasteiger partial charge >= 0.3 is 0 Å². The van der Waals surface area contributed by atoms with Crippen molar-refractivity contribution in [1.29, 1.82) is 0 Å². The SMILES string of the molecule is [2H]C([2H])([2H])C([2H])([2H])c1nc2ccccc2n1-c1ccc(-c2ccc(-c3c4ccccc4c(-c4ccc(-c5ccccn5)cc4)c4ccccc34)cc2)cc1. The number of aromatic nitrogens is 3. The standard InChI is InChI=1S/C46H33N3/c1-2-44-48-42-16-7-8-17-43(42)49(44)36-28-26-32(27-29-36)31-18-22-34(23-19-31)45-37-11-3-5-13-39(37)46(40-14-6-4-12-38(40)45)35-24-20-33(21-25-35)41-15-9-10-30-47-41/h3-30H,2H2,1H3/i1D3,2D2. The molecule has 0 aliphatic rings. The summed E-state index contributed by atoms with van der Waals surface area (Å²) in [5, 5.41) is 4.73. The van der Waals surface area contributed by atoms with Crippen LogP contribution in [-0.4, -0.2) is 14.5 Å². The van der Waals surface area contributed by atoms with E-state index in [1.54, 1.807) is 10.6 Å². The molecule has 3 nitrogen and oxygen atoms in total. The Balaban J connectivity index is 1.10. The molecule has 0 aliphatic heterocycles. The second-order valence-corrected chi connectivity index (χ2v) is 12.1. The predicted octanol–water partition coefficient (Wildman–Crippen LogP) is 12.0. The molecule has 0 fully saturated rings. The molecule has 0 N–H and O–H groups in total. The summed E-state index contributed by atoms with van der Waals surface area (Å²) in [7, 11) is 0. The average Bonchev–Trinajstić information content (AvgIpc) is 3.61. The zero-order valence-corrected chi connectivity index (χ0v) is 26.5. The largest absolute Gasteiger partial charge is 0.296 e. The fourth-order valence-electron chi connectivity index (χ4n) is 7.10. The first-order valence-electron chi connectivity index (χ1n) is 18.8. The molecule has 0 radical (unpaired) electrons. The molecule has 0 amide bonds. The highest BCUT2D eigenvalue weighted by Gasteiger charge is 2.17. The van der Waals surface area contributed by atoms with Gasteiger partial charge in [-0.15, -0.1) is 0 Å². The summed E-state index contributed by atoms with van der Waals surface area (Å²) >= 11 is 0. The summed E-state index contributed by atoms with van der Waals surface area (Å²) in [5.74, 6) is -0.146. The Bertz CT molecular complexity index is 2750. The lowest BCUT2D eigenvalue weighted by Crippen LogP contribution is -1.99. The van der Waals surface area contributed by atoms with Gasteiger partial charge in [-0.1, -0.05) is 134 Å². The number of imidazole rings is 1. The van der Waals surface area contributed by atoms with Gasteiger partial charge in [0.25, 0.3) is 0 Å². The molecule has 49 heavy (non-hydrogen) atoms. The summed E-state index contributed by atoms with van der Waals surface area (Å²) in [6, 6.07) is 55.5. The van der Waals surface area contributed by atoms with E-state index >= 15 is 0 Å². The first-order chi connectivity index (χ1) is 26.2. The molecule has 0 aliphatic carbocycles. The topological polar surface area (TPSA) is 30.7 Å². The molecule has 0 bridgehead atoms. The molecule has 0 spiro atoms. The van der Waals surface area contributed by atoms with E-state index in [2.05, 4.69) is 107 Å². The van der Waals surface area contributed by atoms with Gasteiger partial charge in [0.15, 0.2) is 0 Å². The number of benzene rings is 7. The highest BCUT2D eigenvalue weighted by atomic mass is 15.1. The van der Waals surface area contributed by atoms with Crippen molar-refractivity contribution in [1.82, 2.24) is 14.5 Å². The van der Waals surface area contributed by atoms with Gasteiger partial charge in [0.1, 0.15) is 5.82 Å². The minimum absolute atomic E-state index is 0.146. The molecule has 0 saturated heterocycles. The van der Waals surface area contributed by atoms with Crippen LogP contribution >= 0.6 is 0 Å². The first kappa shape index (κ1) is 23.9. The van der Waals surface area contributed by atoms with Crippen molar-refractivity contribution in [2.75, 3.05) is 0 Å². The van der Waals surface area contributed by atoms with E-state index in [9.17, 15) is 0 Å². The van der Waals surface area contributed by atoms with Crippen molar-refractivity contribution in [3.05, 3.63) is 176 Å². The summed E-state index contributed by atoms with van der Waals surface area (Å²) in [6.07, 6.45) is -0.835. The zero-order chi connectivity index (χ0) is 37.0. The molecule has 232 valence electrons. The lowest BCUT2D eigenvalue weighted by Gasteiger charge is -2.18. The minimum atomic E-state index is -2.89. The second kappa shape index (κ2) is 12.0. The third-order valence-corrected chi connectivity index (χ3v) is 9.37. The first-order valence-corrected chi connectivity index (χ1v) is 16.3. The van der Waals surface area contributed by atoms with Crippen molar-refractivity contribution in [3.8, 4) is 50.3 Å². The Morgan fingerprint density at radius 2 is 1.00 bits per heavy atom. The lowest BCUT2D eigenvalue weighted by molar-refractivity contribution is 0.908. The maximum atomic E-state index is 8.52. The van der Waals surface area contributed by atoms with Crippen LogP contribution < -0.4 is 0 Å². The quantitative estimate of drug-likeness (QED) is 0.171. The summed E-state index contributed by atoms with van der Waals surface area (Å²) < 4.78 is 42.4. The Morgan fingerprint density at radius 3 is 1.55 bits per heavy atom. The Morgan fingerprint density at radius 1 is 0.510 bits per heavy atom. The number of hydrogen-bond acceptors (Lipinski definition) is 2. The van der Waals surface area contributed by atoms with Crippen LogP contribution in [0.2, 0.25) is 0 Å². The number of hydrogen-bond donors (Lipinski definition) is 0. The molecule has 0 atom stereocenters. The third kappa shape index (κ3) is 4.99. The monoisotopic (exact) mass is 632 g/mol. The van der Waals surface area contributed by atoms with Crippen LogP contribution in [0.25, 0.3) is 82.9 Å². The summed E-state index contributed by atoms with van der Waals surface area (Å²) in [5.41, 5.74) is 10.5. The summed E-state index contributed by atoms with van der Waals surface area (Å²) in [6.45, 7) is -2.89. The number of para-hydroxylation sites is 2. The molecule has 3 heteroatoms. The second-order valence-electron chi connectivity index (χ2n) is 12.1. The van der Waals surface area contributed by atoms with Gasteiger partial charge in [-0.05, 0) is 91.3 Å². The van der Waals surface area contributed by atoms with Crippen LogP contribution in [-0.2, 0) is 6.37 Å². The van der Waals surface area contributed by atoms with E-state index in [-0.39, 0.29) is 5.82 Å². The highest BCUT2D eigenvalue weighted by Crippen LogP contribution is 2.44. The Hall–Kier alpha value is -6.32. The van der Waals surface area contributed by atoms with Crippen molar-refractivity contribution >= 4 is 32.6 Å². The maximum absolute atomic E-state index is 8.52. The van der Waals surface area contributed by atoms with E-state index < -0.39 is 13.2 Å². The number of aryl methyl sites for hydroxylation is 1. The zero-order valence-electron chi connectivity index (χ0n) is 31.5. The van der Waals surface area contributed by atoms with Gasteiger partial charge in [0.2, 0.25) is 0 Å². The maximum Gasteiger partial charge on any atom is 0.114 e. The van der Waals surface area contributed by atoms with Gasteiger partial charge in [-0.3, -0.25) is 9.55 Å². The number of rotatable bonds is 6. The summed E-state index contributed by atoms with van der Waals surface area (Å²) in [4.78, 5) is 8.98. The normalized spacial score (nSPS) is 13.5. The van der Waals surface area contributed by atoms with E-state index in [1.807, 2.05) is 66.9 Å². The molecular formula is C46H33N3. The number of pyridine rings is 1. The fourth-order valence-corrected chi connectivity index (χ4v) is 7.10. The van der Waals surface area contributed by atoms with Gasteiger partial charge in [-0.2, -0.15) is 0 Å². The van der Waals surface area contributed by atoms with Crippen LogP contribution in [0.5, 0.6) is 0 Å². The Kier molecular flexibility index (Phi) is 5.88.